The van der Waals surface area contributed by atoms with Gasteiger partial charge >= 0.3 is 0 Å². The highest BCUT2D eigenvalue weighted by Crippen LogP contribution is 2.18. The van der Waals surface area contributed by atoms with Crippen molar-refractivity contribution in [2.24, 2.45) is 0 Å². The van der Waals surface area contributed by atoms with Crippen LogP contribution in [0.1, 0.15) is 26.7 Å². The molecular weight excluding hydrogens is 220 g/mol. The monoisotopic (exact) mass is 244 g/mol. The lowest BCUT2D eigenvalue weighted by molar-refractivity contribution is -0.130. The zero-order valence-electron chi connectivity index (χ0n) is 10.9. The van der Waals surface area contributed by atoms with Crippen molar-refractivity contribution < 1.29 is 14.6 Å². The molecule has 0 aromatic rings. The molecule has 0 radical (unpaired) electrons. The van der Waals surface area contributed by atoms with Gasteiger partial charge in [0.05, 0.1) is 12.1 Å². The molecule has 1 saturated heterocycles. The van der Waals surface area contributed by atoms with Crippen molar-refractivity contribution in [3.05, 3.63) is 0 Å². The lowest BCUT2D eigenvalue weighted by atomic mass is 9.94. The minimum Gasteiger partial charge on any atom is -0.388 e. The summed E-state index contributed by atoms with van der Waals surface area (Å²) in [5, 5.41) is 13.2. The molecule has 17 heavy (non-hydrogen) atoms. The molecule has 0 saturated carbocycles. The van der Waals surface area contributed by atoms with Crippen LogP contribution in [-0.2, 0) is 9.53 Å². The Morgan fingerprint density at radius 1 is 1.35 bits per heavy atom. The molecule has 1 rings (SSSR count). The molecule has 1 fully saturated rings. The third-order valence-electron chi connectivity index (χ3n) is 3.27. The fourth-order valence-corrected chi connectivity index (χ4v) is 2.02. The smallest absolute Gasteiger partial charge is 0.236 e. The maximum absolute atomic E-state index is 11.7. The van der Waals surface area contributed by atoms with Crippen LogP contribution in [0.4, 0.5) is 0 Å². The summed E-state index contributed by atoms with van der Waals surface area (Å²) in [6, 6.07) is 0. The van der Waals surface area contributed by atoms with E-state index in [1.807, 2.05) is 13.8 Å². The van der Waals surface area contributed by atoms with E-state index in [1.165, 1.54) is 0 Å². The fourth-order valence-electron chi connectivity index (χ4n) is 2.02. The van der Waals surface area contributed by atoms with E-state index in [0.717, 1.165) is 13.1 Å². The molecule has 0 aromatic heterocycles. The first-order valence-electron chi connectivity index (χ1n) is 6.40. The number of ether oxygens (including phenoxy) is 1. The van der Waals surface area contributed by atoms with E-state index in [1.54, 1.807) is 4.90 Å². The van der Waals surface area contributed by atoms with Gasteiger partial charge in [0.2, 0.25) is 5.91 Å². The molecule has 100 valence electrons. The Hall–Kier alpha value is -0.650. The van der Waals surface area contributed by atoms with Crippen molar-refractivity contribution >= 4 is 5.91 Å². The molecular formula is C12H24N2O3. The average molecular weight is 244 g/mol. The first kappa shape index (κ1) is 14.4. The summed E-state index contributed by atoms with van der Waals surface area (Å²) >= 11 is 0. The van der Waals surface area contributed by atoms with E-state index in [-0.39, 0.29) is 5.91 Å². The molecule has 1 heterocycles. The van der Waals surface area contributed by atoms with Gasteiger partial charge < -0.3 is 20.1 Å². The van der Waals surface area contributed by atoms with Crippen LogP contribution in [0.25, 0.3) is 0 Å². The SMILES string of the molecule is CCN(CC)C(=O)CNCC1(O)CCOCC1. The van der Waals surface area contributed by atoms with Crippen LogP contribution in [0.5, 0.6) is 0 Å². The lowest BCUT2D eigenvalue weighted by Gasteiger charge is -2.32. The van der Waals surface area contributed by atoms with E-state index >= 15 is 0 Å². The number of nitrogens with one attached hydrogen (secondary N) is 1. The number of rotatable bonds is 6. The Kier molecular flexibility index (Phi) is 5.88. The number of hydrogen-bond donors (Lipinski definition) is 2. The number of hydrogen-bond acceptors (Lipinski definition) is 4. The zero-order valence-corrected chi connectivity index (χ0v) is 10.9. The number of likely N-dealkylation sites (N-methyl/N-ethyl adjacent to an activating group) is 1. The van der Waals surface area contributed by atoms with Gasteiger partial charge in [-0.25, -0.2) is 0 Å². The van der Waals surface area contributed by atoms with Crippen LogP contribution in [0, 0.1) is 0 Å². The van der Waals surface area contributed by atoms with Crippen LogP contribution in [0.2, 0.25) is 0 Å². The van der Waals surface area contributed by atoms with E-state index < -0.39 is 5.60 Å². The third kappa shape index (κ3) is 4.61. The highest BCUT2D eigenvalue weighted by Gasteiger charge is 2.29. The molecule has 0 unspecified atom stereocenters. The highest BCUT2D eigenvalue weighted by atomic mass is 16.5. The molecule has 5 heteroatoms. The minimum atomic E-state index is -0.707. The summed E-state index contributed by atoms with van der Waals surface area (Å²) in [5.74, 6) is 0.0886. The first-order chi connectivity index (χ1) is 8.11. The van der Waals surface area contributed by atoms with E-state index in [9.17, 15) is 9.90 Å². The molecule has 0 spiro atoms. The first-order valence-corrected chi connectivity index (χ1v) is 6.40. The van der Waals surface area contributed by atoms with Crippen molar-refractivity contribution in [3.8, 4) is 0 Å². The summed E-state index contributed by atoms with van der Waals surface area (Å²) in [6.45, 7) is 7.35. The summed E-state index contributed by atoms with van der Waals surface area (Å²) < 4.78 is 5.20. The highest BCUT2D eigenvalue weighted by molar-refractivity contribution is 5.78. The summed E-state index contributed by atoms with van der Waals surface area (Å²) in [4.78, 5) is 13.5. The predicted octanol–water partition coefficient (Wildman–Crippen LogP) is -0.0141. The van der Waals surface area contributed by atoms with Gasteiger partial charge in [0, 0.05) is 45.7 Å². The number of carbonyl (C=O) groups is 1. The maximum atomic E-state index is 11.7. The molecule has 1 amide bonds. The van der Waals surface area contributed by atoms with Gasteiger partial charge in [-0.2, -0.15) is 0 Å². The zero-order chi connectivity index (χ0) is 12.7. The van der Waals surface area contributed by atoms with Crippen molar-refractivity contribution in [1.82, 2.24) is 10.2 Å². The standard InChI is InChI=1S/C12H24N2O3/c1-3-14(4-2)11(15)9-13-10-12(16)5-7-17-8-6-12/h13,16H,3-10H2,1-2H3. The average Bonchev–Trinajstić information content (AvgIpc) is 2.31. The van der Waals surface area contributed by atoms with Crippen molar-refractivity contribution in [3.63, 3.8) is 0 Å². The molecule has 5 nitrogen and oxygen atoms in total. The van der Waals surface area contributed by atoms with Gasteiger partial charge in [-0.1, -0.05) is 0 Å². The van der Waals surface area contributed by atoms with E-state index in [2.05, 4.69) is 5.32 Å². The molecule has 0 aliphatic carbocycles. The van der Waals surface area contributed by atoms with Crippen LogP contribution in [0.3, 0.4) is 0 Å². The number of amides is 1. The second-order valence-electron chi connectivity index (χ2n) is 4.51. The van der Waals surface area contributed by atoms with Gasteiger partial charge in [0.15, 0.2) is 0 Å². The summed E-state index contributed by atoms with van der Waals surface area (Å²) in [6.07, 6.45) is 1.28. The quantitative estimate of drug-likeness (QED) is 0.689. The molecule has 0 bridgehead atoms. The van der Waals surface area contributed by atoms with Crippen LogP contribution in [-0.4, -0.2) is 60.9 Å². The van der Waals surface area contributed by atoms with E-state index in [0.29, 0.717) is 39.1 Å². The Bertz CT molecular complexity index is 236. The van der Waals surface area contributed by atoms with Gasteiger partial charge in [0.25, 0.3) is 0 Å². The molecule has 0 atom stereocenters. The summed E-state index contributed by atoms with van der Waals surface area (Å²) in [7, 11) is 0. The van der Waals surface area contributed by atoms with Crippen molar-refractivity contribution in [2.75, 3.05) is 39.4 Å². The molecule has 0 aromatic carbocycles. The van der Waals surface area contributed by atoms with Gasteiger partial charge in [-0.15, -0.1) is 0 Å². The second kappa shape index (κ2) is 6.93. The second-order valence-corrected chi connectivity index (χ2v) is 4.51. The Labute approximate surface area is 103 Å². The van der Waals surface area contributed by atoms with Crippen LogP contribution in [0.15, 0.2) is 0 Å². The van der Waals surface area contributed by atoms with Crippen LogP contribution >= 0.6 is 0 Å². The van der Waals surface area contributed by atoms with Crippen molar-refractivity contribution in [1.29, 1.82) is 0 Å². The lowest BCUT2D eigenvalue weighted by Crippen LogP contribution is -2.47. The maximum Gasteiger partial charge on any atom is 0.236 e. The Balaban J connectivity index is 2.24. The number of aliphatic hydroxyl groups is 1. The third-order valence-corrected chi connectivity index (χ3v) is 3.27. The largest absolute Gasteiger partial charge is 0.388 e. The number of carbonyl (C=O) groups excluding carboxylic acids is 1. The van der Waals surface area contributed by atoms with Crippen LogP contribution < -0.4 is 5.32 Å². The predicted molar refractivity (Wildman–Crippen MR) is 65.8 cm³/mol. The van der Waals surface area contributed by atoms with Crippen molar-refractivity contribution in [2.45, 2.75) is 32.3 Å². The van der Waals surface area contributed by atoms with Gasteiger partial charge in [-0.05, 0) is 13.8 Å². The Morgan fingerprint density at radius 2 is 1.94 bits per heavy atom. The number of nitrogens with zero attached hydrogens (tertiary/aromatic N) is 1. The molecule has 1 aliphatic heterocycles. The summed E-state index contributed by atoms with van der Waals surface area (Å²) in [5.41, 5.74) is -0.707. The van der Waals surface area contributed by atoms with Gasteiger partial charge in [-0.3, -0.25) is 4.79 Å². The van der Waals surface area contributed by atoms with Gasteiger partial charge in [0.1, 0.15) is 0 Å². The van der Waals surface area contributed by atoms with E-state index in [4.69, 9.17) is 4.74 Å². The Morgan fingerprint density at radius 3 is 2.47 bits per heavy atom. The molecule has 1 aliphatic rings. The molecule has 2 N–H and O–H groups in total. The topological polar surface area (TPSA) is 61.8 Å². The minimum absolute atomic E-state index is 0.0886. The normalized spacial score (nSPS) is 19.0. The fraction of sp³-hybridized carbons (Fsp3) is 0.917.